The summed E-state index contributed by atoms with van der Waals surface area (Å²) in [7, 11) is 0. The van der Waals surface area contributed by atoms with Crippen LogP contribution in [0, 0.1) is 0 Å². The lowest BCUT2D eigenvalue weighted by atomic mass is 10.1. The topological polar surface area (TPSA) is 79.5 Å². The highest BCUT2D eigenvalue weighted by Crippen LogP contribution is 2.08. The molecule has 0 aliphatic rings. The molecule has 2 aromatic carbocycles. The Balaban J connectivity index is 1.63. The zero-order chi connectivity index (χ0) is 16.8. The fourth-order valence-electron chi connectivity index (χ4n) is 2.18. The first-order chi connectivity index (χ1) is 11.7. The maximum Gasteiger partial charge on any atom is 0.271 e. The summed E-state index contributed by atoms with van der Waals surface area (Å²) in [5.41, 5.74) is 4.78. The second-order valence-corrected chi connectivity index (χ2v) is 5.19. The number of hydrazone groups is 1. The van der Waals surface area contributed by atoms with Crippen molar-refractivity contribution >= 4 is 12.1 Å². The van der Waals surface area contributed by atoms with Gasteiger partial charge in [0.25, 0.3) is 5.91 Å². The van der Waals surface area contributed by atoms with Crippen LogP contribution in [0.2, 0.25) is 0 Å². The first kappa shape index (κ1) is 15.5. The van der Waals surface area contributed by atoms with E-state index in [0.717, 1.165) is 11.1 Å². The number of carbonyl (C=O) groups is 1. The van der Waals surface area contributed by atoms with E-state index < -0.39 is 0 Å². The van der Waals surface area contributed by atoms with Crippen molar-refractivity contribution in [2.75, 3.05) is 0 Å². The summed E-state index contributed by atoms with van der Waals surface area (Å²) < 4.78 is 1.79. The molecule has 3 rings (SSSR count). The van der Waals surface area contributed by atoms with Gasteiger partial charge in [0, 0.05) is 18.0 Å². The van der Waals surface area contributed by atoms with Crippen molar-refractivity contribution in [2.45, 2.75) is 6.54 Å². The summed E-state index contributed by atoms with van der Waals surface area (Å²) in [5.74, 6) is -0.0995. The highest BCUT2D eigenvalue weighted by molar-refractivity contribution is 5.95. The summed E-state index contributed by atoms with van der Waals surface area (Å²) in [4.78, 5) is 12.2. The van der Waals surface area contributed by atoms with E-state index in [2.05, 4.69) is 15.6 Å². The van der Waals surface area contributed by atoms with Gasteiger partial charge in [0.1, 0.15) is 5.75 Å². The van der Waals surface area contributed by atoms with Gasteiger partial charge in [-0.15, -0.1) is 0 Å². The van der Waals surface area contributed by atoms with Gasteiger partial charge in [-0.3, -0.25) is 9.48 Å². The van der Waals surface area contributed by atoms with Crippen LogP contribution in [0.4, 0.5) is 0 Å². The van der Waals surface area contributed by atoms with Crippen LogP contribution in [0.5, 0.6) is 5.75 Å². The SMILES string of the molecule is O=C(NN=Cc1ccc(O)cc1)c1cccc(Cn2cccn2)c1. The van der Waals surface area contributed by atoms with Crippen molar-refractivity contribution in [1.29, 1.82) is 0 Å². The Morgan fingerprint density at radius 1 is 1.21 bits per heavy atom. The van der Waals surface area contributed by atoms with Gasteiger partial charge in [-0.05, 0) is 53.6 Å². The number of hydrogen-bond acceptors (Lipinski definition) is 4. The Bertz CT molecular complexity index is 840. The van der Waals surface area contributed by atoms with Gasteiger partial charge >= 0.3 is 0 Å². The largest absolute Gasteiger partial charge is 0.508 e. The molecule has 1 heterocycles. The molecule has 0 fully saturated rings. The van der Waals surface area contributed by atoms with Crippen molar-refractivity contribution in [3.05, 3.63) is 83.7 Å². The maximum absolute atomic E-state index is 12.2. The molecule has 1 aromatic heterocycles. The smallest absolute Gasteiger partial charge is 0.271 e. The minimum Gasteiger partial charge on any atom is -0.508 e. The third kappa shape index (κ3) is 4.07. The van der Waals surface area contributed by atoms with E-state index in [1.807, 2.05) is 30.5 Å². The first-order valence-corrected chi connectivity index (χ1v) is 7.39. The fourth-order valence-corrected chi connectivity index (χ4v) is 2.18. The number of amides is 1. The molecule has 1 amide bonds. The van der Waals surface area contributed by atoms with Crippen LogP contribution in [0.1, 0.15) is 21.5 Å². The molecule has 0 aliphatic carbocycles. The molecule has 0 unspecified atom stereocenters. The molecule has 6 heteroatoms. The Labute approximate surface area is 139 Å². The molecular weight excluding hydrogens is 304 g/mol. The van der Waals surface area contributed by atoms with Crippen LogP contribution < -0.4 is 5.43 Å². The summed E-state index contributed by atoms with van der Waals surface area (Å²) in [5, 5.41) is 17.3. The first-order valence-electron chi connectivity index (χ1n) is 7.39. The number of rotatable bonds is 5. The standard InChI is InChI=1S/C18H16N4O2/c23-17-7-5-14(6-8-17)12-19-21-18(24)16-4-1-3-15(11-16)13-22-10-2-9-20-22/h1-12,23H,13H2,(H,21,24). The zero-order valence-electron chi connectivity index (χ0n) is 12.8. The van der Waals surface area contributed by atoms with E-state index in [9.17, 15) is 9.90 Å². The normalized spacial score (nSPS) is 10.8. The van der Waals surface area contributed by atoms with Crippen LogP contribution in [0.15, 0.2) is 72.1 Å². The quantitative estimate of drug-likeness (QED) is 0.559. The van der Waals surface area contributed by atoms with E-state index >= 15 is 0 Å². The number of phenols is 1. The molecule has 0 aliphatic heterocycles. The molecule has 0 radical (unpaired) electrons. The van der Waals surface area contributed by atoms with Crippen molar-refractivity contribution in [1.82, 2.24) is 15.2 Å². The van der Waals surface area contributed by atoms with Crippen LogP contribution >= 0.6 is 0 Å². The molecule has 0 saturated carbocycles. The average molecular weight is 320 g/mol. The van der Waals surface area contributed by atoms with E-state index in [0.29, 0.717) is 12.1 Å². The Hall–Kier alpha value is -3.41. The summed E-state index contributed by atoms with van der Waals surface area (Å²) >= 11 is 0. The molecule has 0 saturated heterocycles. The highest BCUT2D eigenvalue weighted by Gasteiger charge is 2.05. The summed E-state index contributed by atoms with van der Waals surface area (Å²) in [6.45, 7) is 0.602. The molecular formula is C18H16N4O2. The molecule has 120 valence electrons. The number of nitrogens with zero attached hydrogens (tertiary/aromatic N) is 3. The monoisotopic (exact) mass is 320 g/mol. The minimum atomic E-state index is -0.285. The van der Waals surface area contributed by atoms with Crippen LogP contribution in [0.3, 0.4) is 0 Å². The Morgan fingerprint density at radius 3 is 2.79 bits per heavy atom. The maximum atomic E-state index is 12.2. The lowest BCUT2D eigenvalue weighted by Crippen LogP contribution is -2.18. The minimum absolute atomic E-state index is 0.185. The van der Waals surface area contributed by atoms with Gasteiger partial charge in [-0.1, -0.05) is 12.1 Å². The number of aromatic nitrogens is 2. The molecule has 3 aromatic rings. The van der Waals surface area contributed by atoms with Crippen molar-refractivity contribution < 1.29 is 9.90 Å². The van der Waals surface area contributed by atoms with Gasteiger partial charge in [0.15, 0.2) is 0 Å². The molecule has 2 N–H and O–H groups in total. The predicted molar refractivity (Wildman–Crippen MR) is 90.9 cm³/mol. The van der Waals surface area contributed by atoms with E-state index in [-0.39, 0.29) is 11.7 Å². The number of aromatic hydroxyl groups is 1. The second-order valence-electron chi connectivity index (χ2n) is 5.19. The van der Waals surface area contributed by atoms with Crippen LogP contribution in [-0.2, 0) is 6.54 Å². The van der Waals surface area contributed by atoms with Crippen molar-refractivity contribution in [3.8, 4) is 5.75 Å². The molecule has 0 atom stereocenters. The summed E-state index contributed by atoms with van der Waals surface area (Å²) in [6, 6.07) is 15.7. The average Bonchev–Trinajstić information content (AvgIpc) is 3.10. The molecule has 24 heavy (non-hydrogen) atoms. The van der Waals surface area contributed by atoms with Gasteiger partial charge < -0.3 is 5.11 Å². The van der Waals surface area contributed by atoms with Gasteiger partial charge in [-0.25, -0.2) is 5.43 Å². The Morgan fingerprint density at radius 2 is 2.04 bits per heavy atom. The number of nitrogens with one attached hydrogen (secondary N) is 1. The van der Waals surface area contributed by atoms with E-state index in [1.54, 1.807) is 41.2 Å². The lowest BCUT2D eigenvalue weighted by molar-refractivity contribution is 0.0955. The third-order valence-electron chi connectivity index (χ3n) is 3.37. The molecule has 0 bridgehead atoms. The Kier molecular flexibility index (Phi) is 4.67. The van der Waals surface area contributed by atoms with Crippen molar-refractivity contribution in [2.24, 2.45) is 5.10 Å². The number of hydrogen-bond donors (Lipinski definition) is 2. The number of benzene rings is 2. The second kappa shape index (κ2) is 7.23. The highest BCUT2D eigenvalue weighted by atomic mass is 16.3. The molecule has 6 nitrogen and oxygen atoms in total. The molecule has 0 spiro atoms. The fraction of sp³-hybridized carbons (Fsp3) is 0.0556. The summed E-state index contributed by atoms with van der Waals surface area (Å²) in [6.07, 6.45) is 5.11. The number of phenolic OH excluding ortho intramolecular Hbond substituents is 1. The lowest BCUT2D eigenvalue weighted by Gasteiger charge is -2.05. The van der Waals surface area contributed by atoms with Crippen molar-refractivity contribution in [3.63, 3.8) is 0 Å². The van der Waals surface area contributed by atoms with E-state index in [1.165, 1.54) is 6.21 Å². The zero-order valence-corrected chi connectivity index (χ0v) is 12.8. The van der Waals surface area contributed by atoms with Crippen LogP contribution in [-0.4, -0.2) is 27.0 Å². The third-order valence-corrected chi connectivity index (χ3v) is 3.37. The number of carbonyl (C=O) groups excluding carboxylic acids is 1. The van der Waals surface area contributed by atoms with Crippen LogP contribution in [0.25, 0.3) is 0 Å². The predicted octanol–water partition coefficient (Wildman–Crippen LogP) is 2.40. The van der Waals surface area contributed by atoms with Gasteiger partial charge in [-0.2, -0.15) is 10.2 Å². The van der Waals surface area contributed by atoms with E-state index in [4.69, 9.17) is 0 Å². The van der Waals surface area contributed by atoms with Gasteiger partial charge in [0.05, 0.1) is 12.8 Å². The van der Waals surface area contributed by atoms with Gasteiger partial charge in [0.2, 0.25) is 0 Å².